The molecule has 5 nitrogen and oxygen atoms in total. The van der Waals surface area contributed by atoms with Crippen LogP contribution in [0.5, 0.6) is 0 Å². The van der Waals surface area contributed by atoms with Crippen molar-refractivity contribution < 1.29 is 24.5 Å². The van der Waals surface area contributed by atoms with Crippen molar-refractivity contribution in [3.05, 3.63) is 24.3 Å². The summed E-state index contributed by atoms with van der Waals surface area (Å²) in [5.74, 6) is -0.992. The number of rotatable bonds is 5. The zero-order valence-electron chi connectivity index (χ0n) is 11.4. The first-order valence-electron chi connectivity index (χ1n) is 6.20. The van der Waals surface area contributed by atoms with E-state index in [4.69, 9.17) is 4.74 Å². The van der Waals surface area contributed by atoms with Crippen molar-refractivity contribution in [3.63, 3.8) is 0 Å². The van der Waals surface area contributed by atoms with Gasteiger partial charge in [0.05, 0.1) is 0 Å². The molecule has 5 heteroatoms. The molecule has 0 spiro atoms. The lowest BCUT2D eigenvalue weighted by Gasteiger charge is -2.27. The number of hydrogen-bond donors (Lipinski definition) is 2. The standard InChI is InChI=1S/C14H20O5/c1-4-5-6-7-10(15)8-9-13(2)11(16)14(3,18)12(17)19-13/h4-7,11,16,18H,8-9H2,1-3H3/t11-,13+,14+/m1/s1. The van der Waals surface area contributed by atoms with E-state index in [9.17, 15) is 19.8 Å². The highest BCUT2D eigenvalue weighted by molar-refractivity contribution is 5.90. The van der Waals surface area contributed by atoms with Gasteiger partial charge in [0.15, 0.2) is 11.4 Å². The molecular weight excluding hydrogens is 248 g/mol. The number of carbonyl (C=O) groups is 2. The number of carbonyl (C=O) groups excluding carboxylic acids is 2. The topological polar surface area (TPSA) is 83.8 Å². The predicted molar refractivity (Wildman–Crippen MR) is 69.3 cm³/mol. The third kappa shape index (κ3) is 3.30. The van der Waals surface area contributed by atoms with Gasteiger partial charge >= 0.3 is 5.97 Å². The summed E-state index contributed by atoms with van der Waals surface area (Å²) in [7, 11) is 0. The Balaban J connectivity index is 2.63. The van der Waals surface area contributed by atoms with E-state index < -0.39 is 23.3 Å². The van der Waals surface area contributed by atoms with E-state index in [1.807, 2.05) is 6.92 Å². The van der Waals surface area contributed by atoms with E-state index in [0.29, 0.717) is 0 Å². The fourth-order valence-corrected chi connectivity index (χ4v) is 1.99. The lowest BCUT2D eigenvalue weighted by Crippen LogP contribution is -2.47. The minimum Gasteiger partial charge on any atom is -0.454 e. The average molecular weight is 268 g/mol. The summed E-state index contributed by atoms with van der Waals surface area (Å²) in [6, 6.07) is 0. The van der Waals surface area contributed by atoms with E-state index in [1.54, 1.807) is 18.2 Å². The van der Waals surface area contributed by atoms with Crippen LogP contribution in [0.25, 0.3) is 0 Å². The molecule has 0 bridgehead atoms. The zero-order chi connectivity index (χ0) is 14.7. The molecule has 0 saturated carbocycles. The number of cyclic esters (lactones) is 1. The van der Waals surface area contributed by atoms with Gasteiger partial charge in [-0.25, -0.2) is 4.79 Å². The van der Waals surface area contributed by atoms with Gasteiger partial charge in [-0.3, -0.25) is 4.79 Å². The molecule has 0 amide bonds. The van der Waals surface area contributed by atoms with Gasteiger partial charge in [-0.1, -0.05) is 18.2 Å². The van der Waals surface area contributed by atoms with Crippen LogP contribution in [0.15, 0.2) is 24.3 Å². The van der Waals surface area contributed by atoms with Gasteiger partial charge < -0.3 is 14.9 Å². The predicted octanol–water partition coefficient (Wildman–Crippen LogP) is 0.895. The fraction of sp³-hybridized carbons (Fsp3) is 0.571. The zero-order valence-corrected chi connectivity index (χ0v) is 11.4. The first-order valence-corrected chi connectivity index (χ1v) is 6.20. The molecule has 1 aliphatic heterocycles. The van der Waals surface area contributed by atoms with Gasteiger partial charge in [0.2, 0.25) is 0 Å². The summed E-state index contributed by atoms with van der Waals surface area (Å²) < 4.78 is 5.02. The summed E-state index contributed by atoms with van der Waals surface area (Å²) in [5.41, 5.74) is -3.15. The third-order valence-corrected chi connectivity index (χ3v) is 3.30. The second kappa shape index (κ2) is 5.67. The summed E-state index contributed by atoms with van der Waals surface area (Å²) in [5, 5.41) is 19.7. The second-order valence-corrected chi connectivity index (χ2v) is 5.10. The lowest BCUT2D eigenvalue weighted by molar-refractivity contribution is -0.157. The van der Waals surface area contributed by atoms with Gasteiger partial charge in [-0.2, -0.15) is 0 Å². The smallest absolute Gasteiger partial charge is 0.341 e. The lowest BCUT2D eigenvalue weighted by atomic mass is 9.86. The summed E-state index contributed by atoms with van der Waals surface area (Å²) >= 11 is 0. The van der Waals surface area contributed by atoms with Gasteiger partial charge in [-0.05, 0) is 33.3 Å². The molecule has 1 heterocycles. The molecule has 0 aromatic carbocycles. The molecule has 0 aliphatic carbocycles. The van der Waals surface area contributed by atoms with Crippen LogP contribution >= 0.6 is 0 Å². The highest BCUT2D eigenvalue weighted by atomic mass is 16.6. The van der Waals surface area contributed by atoms with Crippen molar-refractivity contribution >= 4 is 11.8 Å². The van der Waals surface area contributed by atoms with Gasteiger partial charge in [0.25, 0.3) is 0 Å². The van der Waals surface area contributed by atoms with Crippen LogP contribution in [0.2, 0.25) is 0 Å². The van der Waals surface area contributed by atoms with E-state index in [1.165, 1.54) is 19.9 Å². The minimum absolute atomic E-state index is 0.130. The molecule has 1 saturated heterocycles. The number of hydrogen-bond acceptors (Lipinski definition) is 5. The minimum atomic E-state index is -1.92. The number of ketones is 1. The molecule has 106 valence electrons. The number of ether oxygens (including phenoxy) is 1. The molecule has 1 fully saturated rings. The quantitative estimate of drug-likeness (QED) is 0.439. The van der Waals surface area contributed by atoms with E-state index >= 15 is 0 Å². The molecule has 1 aliphatic rings. The summed E-state index contributed by atoms with van der Waals surface area (Å²) in [6.07, 6.45) is 5.52. The molecular formula is C14H20O5. The van der Waals surface area contributed by atoms with Crippen molar-refractivity contribution in [1.82, 2.24) is 0 Å². The number of esters is 1. The molecule has 0 unspecified atom stereocenters. The summed E-state index contributed by atoms with van der Waals surface area (Å²) in [4.78, 5) is 23.0. The van der Waals surface area contributed by atoms with Crippen LogP contribution in [0, 0.1) is 0 Å². The molecule has 19 heavy (non-hydrogen) atoms. The van der Waals surface area contributed by atoms with Crippen LogP contribution in [0.3, 0.4) is 0 Å². The normalized spacial score (nSPS) is 35.2. The summed E-state index contributed by atoms with van der Waals surface area (Å²) in [6.45, 7) is 4.56. The highest BCUT2D eigenvalue weighted by Gasteiger charge is 2.59. The molecule has 0 aromatic rings. The van der Waals surface area contributed by atoms with Crippen LogP contribution in [-0.4, -0.2) is 39.3 Å². The number of aliphatic hydroxyl groups is 2. The SMILES string of the molecule is CC=CC=CC(=O)CC[C@]1(C)OC(=O)[C@@](C)(O)[C@@H]1O. The highest BCUT2D eigenvalue weighted by Crippen LogP contribution is 2.37. The Morgan fingerprint density at radius 3 is 2.53 bits per heavy atom. The van der Waals surface area contributed by atoms with Crippen molar-refractivity contribution in [1.29, 1.82) is 0 Å². The second-order valence-electron chi connectivity index (χ2n) is 5.10. The van der Waals surface area contributed by atoms with Gasteiger partial charge in [0.1, 0.15) is 11.7 Å². The van der Waals surface area contributed by atoms with E-state index in [0.717, 1.165) is 0 Å². The van der Waals surface area contributed by atoms with Crippen LogP contribution in [0.4, 0.5) is 0 Å². The van der Waals surface area contributed by atoms with Gasteiger partial charge in [-0.15, -0.1) is 0 Å². The van der Waals surface area contributed by atoms with Crippen molar-refractivity contribution in [2.45, 2.75) is 50.9 Å². The Morgan fingerprint density at radius 1 is 1.42 bits per heavy atom. The van der Waals surface area contributed by atoms with E-state index in [-0.39, 0.29) is 18.6 Å². The Kier molecular flexibility index (Phi) is 4.66. The monoisotopic (exact) mass is 268 g/mol. The largest absolute Gasteiger partial charge is 0.454 e. The van der Waals surface area contributed by atoms with Crippen LogP contribution in [-0.2, 0) is 14.3 Å². The van der Waals surface area contributed by atoms with E-state index in [2.05, 4.69) is 0 Å². The molecule has 3 atom stereocenters. The number of allylic oxidation sites excluding steroid dienone is 4. The van der Waals surface area contributed by atoms with Crippen molar-refractivity contribution in [2.24, 2.45) is 0 Å². The molecule has 2 N–H and O–H groups in total. The number of aliphatic hydroxyl groups excluding tert-OH is 1. The van der Waals surface area contributed by atoms with Crippen molar-refractivity contribution in [2.75, 3.05) is 0 Å². The Labute approximate surface area is 112 Å². The molecule has 1 rings (SSSR count). The Morgan fingerprint density at radius 2 is 2.05 bits per heavy atom. The fourth-order valence-electron chi connectivity index (χ4n) is 1.99. The Hall–Kier alpha value is -1.46. The van der Waals surface area contributed by atoms with Crippen LogP contribution < -0.4 is 0 Å². The molecule has 0 aromatic heterocycles. The van der Waals surface area contributed by atoms with Crippen molar-refractivity contribution in [3.8, 4) is 0 Å². The molecule has 0 radical (unpaired) electrons. The Bertz CT molecular complexity index is 422. The third-order valence-electron chi connectivity index (χ3n) is 3.30. The maximum Gasteiger partial charge on any atom is 0.341 e. The van der Waals surface area contributed by atoms with Gasteiger partial charge in [0, 0.05) is 6.42 Å². The maximum absolute atomic E-state index is 11.6. The average Bonchev–Trinajstić information content (AvgIpc) is 2.49. The maximum atomic E-state index is 11.6. The van der Waals surface area contributed by atoms with Crippen LogP contribution in [0.1, 0.15) is 33.6 Å². The first kappa shape index (κ1) is 15.6. The first-order chi connectivity index (χ1) is 8.74.